The number of hydrogen-bond acceptors (Lipinski definition) is 3. The summed E-state index contributed by atoms with van der Waals surface area (Å²) in [6.45, 7) is 0.645. The number of carbonyl (C=O) groups excluding carboxylic acids is 1. The lowest BCUT2D eigenvalue weighted by Crippen LogP contribution is -2.32. The average Bonchev–Trinajstić information content (AvgIpc) is 3.09. The SMILES string of the molecule is Nc1cccc(CN(C(=O)c2cccs2)C2CC2)c1. The predicted octanol–water partition coefficient (Wildman–Crippen LogP) is 3.14. The molecule has 1 fully saturated rings. The molecule has 1 heterocycles. The summed E-state index contributed by atoms with van der Waals surface area (Å²) in [5.41, 5.74) is 7.64. The maximum absolute atomic E-state index is 12.5. The van der Waals surface area contributed by atoms with Crippen molar-refractivity contribution in [1.29, 1.82) is 0 Å². The van der Waals surface area contributed by atoms with Crippen LogP contribution in [-0.4, -0.2) is 16.8 Å². The number of nitrogen functional groups attached to an aromatic ring is 1. The van der Waals surface area contributed by atoms with Crippen LogP contribution in [0, 0.1) is 0 Å². The third-order valence-electron chi connectivity index (χ3n) is 3.28. The van der Waals surface area contributed by atoms with E-state index < -0.39 is 0 Å². The summed E-state index contributed by atoms with van der Waals surface area (Å²) in [5, 5.41) is 1.94. The molecule has 1 aliphatic rings. The molecule has 98 valence electrons. The van der Waals surface area contributed by atoms with Crippen molar-refractivity contribution in [3.63, 3.8) is 0 Å². The van der Waals surface area contributed by atoms with Crippen LogP contribution in [-0.2, 0) is 6.54 Å². The maximum Gasteiger partial charge on any atom is 0.264 e. The van der Waals surface area contributed by atoms with Crippen molar-refractivity contribution in [3.8, 4) is 0 Å². The molecule has 2 aromatic rings. The summed E-state index contributed by atoms with van der Waals surface area (Å²) >= 11 is 1.50. The molecule has 0 radical (unpaired) electrons. The summed E-state index contributed by atoms with van der Waals surface area (Å²) < 4.78 is 0. The van der Waals surface area contributed by atoms with Gasteiger partial charge in [0.25, 0.3) is 5.91 Å². The van der Waals surface area contributed by atoms with Gasteiger partial charge in [0.1, 0.15) is 0 Å². The van der Waals surface area contributed by atoms with Gasteiger partial charge in [-0.1, -0.05) is 18.2 Å². The molecule has 0 spiro atoms. The van der Waals surface area contributed by atoms with Crippen LogP contribution in [0.1, 0.15) is 28.1 Å². The number of nitrogens with two attached hydrogens (primary N) is 1. The fourth-order valence-corrected chi connectivity index (χ4v) is 2.86. The molecule has 3 rings (SSSR count). The van der Waals surface area contributed by atoms with Gasteiger partial charge >= 0.3 is 0 Å². The Morgan fingerprint density at radius 2 is 2.16 bits per heavy atom. The fourth-order valence-electron chi connectivity index (χ4n) is 2.18. The fraction of sp³-hybridized carbons (Fsp3) is 0.267. The molecule has 2 N–H and O–H groups in total. The first-order valence-corrected chi connectivity index (χ1v) is 7.31. The quantitative estimate of drug-likeness (QED) is 0.869. The number of anilines is 1. The standard InChI is InChI=1S/C15H16N2OS/c16-12-4-1-3-11(9-12)10-17(13-6-7-13)15(18)14-5-2-8-19-14/h1-5,8-9,13H,6-7,10,16H2. The summed E-state index contributed by atoms with van der Waals surface area (Å²) in [4.78, 5) is 15.3. The zero-order chi connectivity index (χ0) is 13.2. The maximum atomic E-state index is 12.5. The van der Waals surface area contributed by atoms with Crippen molar-refractivity contribution in [2.24, 2.45) is 0 Å². The van der Waals surface area contributed by atoms with Crippen LogP contribution in [0.3, 0.4) is 0 Å². The molecule has 0 atom stereocenters. The van der Waals surface area contributed by atoms with E-state index in [-0.39, 0.29) is 5.91 Å². The van der Waals surface area contributed by atoms with E-state index in [1.54, 1.807) is 0 Å². The molecule has 0 bridgehead atoms. The highest BCUT2D eigenvalue weighted by Crippen LogP contribution is 2.30. The number of thiophene rings is 1. The highest BCUT2D eigenvalue weighted by atomic mass is 32.1. The molecule has 4 heteroatoms. The van der Waals surface area contributed by atoms with Crippen LogP contribution in [0.15, 0.2) is 41.8 Å². The Balaban J connectivity index is 1.80. The number of hydrogen-bond donors (Lipinski definition) is 1. The molecule has 0 saturated heterocycles. The van der Waals surface area contributed by atoms with E-state index in [4.69, 9.17) is 5.73 Å². The van der Waals surface area contributed by atoms with Gasteiger partial charge in [-0.3, -0.25) is 4.79 Å². The number of amides is 1. The first-order chi connectivity index (χ1) is 9.24. The van der Waals surface area contributed by atoms with Gasteiger partial charge in [-0.15, -0.1) is 11.3 Å². The second-order valence-corrected chi connectivity index (χ2v) is 5.83. The third kappa shape index (κ3) is 2.79. The van der Waals surface area contributed by atoms with Gasteiger partial charge in [-0.25, -0.2) is 0 Å². The topological polar surface area (TPSA) is 46.3 Å². The molecule has 1 aromatic carbocycles. The van der Waals surface area contributed by atoms with Gasteiger partial charge in [0.05, 0.1) is 4.88 Å². The van der Waals surface area contributed by atoms with Gasteiger partial charge in [0.15, 0.2) is 0 Å². The molecular weight excluding hydrogens is 256 g/mol. The minimum atomic E-state index is 0.139. The van der Waals surface area contributed by atoms with Crippen molar-refractivity contribution in [1.82, 2.24) is 4.90 Å². The Morgan fingerprint density at radius 1 is 1.32 bits per heavy atom. The number of carbonyl (C=O) groups is 1. The Morgan fingerprint density at radius 3 is 2.79 bits per heavy atom. The third-order valence-corrected chi connectivity index (χ3v) is 4.14. The van der Waals surface area contributed by atoms with E-state index in [1.165, 1.54) is 11.3 Å². The van der Waals surface area contributed by atoms with Crippen LogP contribution in [0.5, 0.6) is 0 Å². The van der Waals surface area contributed by atoms with Gasteiger partial charge < -0.3 is 10.6 Å². The molecular formula is C15H16N2OS. The number of benzene rings is 1. The monoisotopic (exact) mass is 272 g/mol. The molecule has 0 aliphatic heterocycles. The zero-order valence-corrected chi connectivity index (χ0v) is 11.4. The smallest absolute Gasteiger partial charge is 0.264 e. The minimum absolute atomic E-state index is 0.139. The van der Waals surface area contributed by atoms with Crippen molar-refractivity contribution in [3.05, 3.63) is 52.2 Å². The van der Waals surface area contributed by atoms with E-state index in [0.29, 0.717) is 12.6 Å². The van der Waals surface area contributed by atoms with E-state index in [1.807, 2.05) is 46.7 Å². The van der Waals surface area contributed by atoms with E-state index in [0.717, 1.165) is 29.0 Å². The normalized spacial score (nSPS) is 14.3. The summed E-state index contributed by atoms with van der Waals surface area (Å²) in [7, 11) is 0. The minimum Gasteiger partial charge on any atom is -0.399 e. The van der Waals surface area contributed by atoms with Crippen LogP contribution < -0.4 is 5.73 Å². The highest BCUT2D eigenvalue weighted by molar-refractivity contribution is 7.12. The molecule has 1 aliphatic carbocycles. The lowest BCUT2D eigenvalue weighted by Gasteiger charge is -2.22. The van der Waals surface area contributed by atoms with Crippen LogP contribution >= 0.6 is 11.3 Å². The summed E-state index contributed by atoms with van der Waals surface area (Å²) in [5.74, 6) is 0.139. The first kappa shape index (κ1) is 12.2. The number of nitrogens with zero attached hydrogens (tertiary/aromatic N) is 1. The van der Waals surface area contributed by atoms with Crippen LogP contribution in [0.4, 0.5) is 5.69 Å². The Labute approximate surface area is 116 Å². The van der Waals surface area contributed by atoms with E-state index in [9.17, 15) is 4.79 Å². The lowest BCUT2D eigenvalue weighted by molar-refractivity contribution is 0.0735. The van der Waals surface area contributed by atoms with Crippen LogP contribution in [0.2, 0.25) is 0 Å². The summed E-state index contributed by atoms with van der Waals surface area (Å²) in [6, 6.07) is 12.0. The van der Waals surface area contributed by atoms with Gasteiger partial charge in [0.2, 0.25) is 0 Å². The van der Waals surface area contributed by atoms with Crippen molar-refractivity contribution in [2.45, 2.75) is 25.4 Å². The predicted molar refractivity (Wildman–Crippen MR) is 78.1 cm³/mol. The van der Waals surface area contributed by atoms with Crippen molar-refractivity contribution < 1.29 is 4.79 Å². The second-order valence-electron chi connectivity index (χ2n) is 4.89. The average molecular weight is 272 g/mol. The van der Waals surface area contributed by atoms with Crippen molar-refractivity contribution in [2.75, 3.05) is 5.73 Å². The second kappa shape index (κ2) is 5.05. The number of rotatable bonds is 4. The Hall–Kier alpha value is -1.81. The van der Waals surface area contributed by atoms with Gasteiger partial charge in [-0.05, 0) is 42.0 Å². The van der Waals surface area contributed by atoms with E-state index in [2.05, 4.69) is 0 Å². The summed E-state index contributed by atoms with van der Waals surface area (Å²) in [6.07, 6.45) is 2.22. The molecule has 1 saturated carbocycles. The molecule has 0 unspecified atom stereocenters. The van der Waals surface area contributed by atoms with E-state index >= 15 is 0 Å². The molecule has 19 heavy (non-hydrogen) atoms. The van der Waals surface area contributed by atoms with Crippen molar-refractivity contribution >= 4 is 22.9 Å². The molecule has 1 aromatic heterocycles. The van der Waals surface area contributed by atoms with Crippen LogP contribution in [0.25, 0.3) is 0 Å². The van der Waals surface area contributed by atoms with Gasteiger partial charge in [0, 0.05) is 18.3 Å². The van der Waals surface area contributed by atoms with Gasteiger partial charge in [-0.2, -0.15) is 0 Å². The molecule has 3 nitrogen and oxygen atoms in total. The first-order valence-electron chi connectivity index (χ1n) is 6.43. The Kier molecular flexibility index (Phi) is 3.25. The Bertz CT molecular complexity index is 576. The largest absolute Gasteiger partial charge is 0.399 e. The highest BCUT2D eigenvalue weighted by Gasteiger charge is 2.33. The molecule has 1 amide bonds. The lowest BCUT2D eigenvalue weighted by atomic mass is 10.2. The zero-order valence-electron chi connectivity index (χ0n) is 10.6.